The fourth-order valence-electron chi connectivity index (χ4n) is 2.17. The fourth-order valence-corrected chi connectivity index (χ4v) is 4.10. The van der Waals surface area contributed by atoms with E-state index in [0.717, 1.165) is 10.2 Å². The largest absolute Gasteiger partial charge is 0.458 e. The van der Waals surface area contributed by atoms with Gasteiger partial charge in [0.15, 0.2) is 0 Å². The minimum atomic E-state index is -3.61. The van der Waals surface area contributed by atoms with E-state index in [-0.39, 0.29) is 24.5 Å². The predicted molar refractivity (Wildman–Crippen MR) is 95.7 cm³/mol. The molecule has 2 aromatic carbocycles. The molecule has 0 unspecified atom stereocenters. The van der Waals surface area contributed by atoms with Crippen molar-refractivity contribution in [1.82, 2.24) is 9.71 Å². The lowest BCUT2D eigenvalue weighted by Gasteiger charge is -2.06. The van der Waals surface area contributed by atoms with E-state index in [2.05, 4.69) is 9.71 Å². The van der Waals surface area contributed by atoms with Gasteiger partial charge in [-0.25, -0.2) is 18.1 Å². The Kier molecular flexibility index (Phi) is 5.42. The third kappa shape index (κ3) is 4.62. The maximum absolute atomic E-state index is 12.0. The van der Waals surface area contributed by atoms with Gasteiger partial charge in [-0.1, -0.05) is 30.3 Å². The minimum Gasteiger partial charge on any atom is -0.458 e. The number of hydrogen-bond donors (Lipinski definition) is 1. The highest BCUT2D eigenvalue weighted by Gasteiger charge is 2.14. The Hall–Kier alpha value is -2.29. The first-order valence-corrected chi connectivity index (χ1v) is 9.89. The fraction of sp³-hybridized carbons (Fsp3) is 0.176. The van der Waals surface area contributed by atoms with Gasteiger partial charge in [-0.3, -0.25) is 4.79 Å². The molecule has 0 radical (unpaired) electrons. The molecule has 0 bridgehead atoms. The molecule has 0 aliphatic heterocycles. The van der Waals surface area contributed by atoms with Gasteiger partial charge in [0.1, 0.15) is 11.6 Å². The van der Waals surface area contributed by atoms with Crippen LogP contribution < -0.4 is 4.72 Å². The van der Waals surface area contributed by atoms with Crippen molar-refractivity contribution in [2.75, 3.05) is 6.54 Å². The summed E-state index contributed by atoms with van der Waals surface area (Å²) in [6.45, 7) is 0.0690. The summed E-state index contributed by atoms with van der Waals surface area (Å²) < 4.78 is 32.6. The number of carbonyl (C=O) groups is 1. The molecule has 0 fully saturated rings. The highest BCUT2D eigenvalue weighted by molar-refractivity contribution is 7.89. The van der Waals surface area contributed by atoms with Gasteiger partial charge in [0.05, 0.1) is 21.5 Å². The predicted octanol–water partition coefficient (Wildman–Crippen LogP) is 2.71. The second kappa shape index (κ2) is 7.73. The Balaban J connectivity index is 1.47. The first-order chi connectivity index (χ1) is 12.0. The molecule has 0 aliphatic carbocycles. The lowest BCUT2D eigenvalue weighted by Crippen LogP contribution is -2.26. The molecule has 130 valence electrons. The van der Waals surface area contributed by atoms with E-state index in [4.69, 9.17) is 4.74 Å². The van der Waals surface area contributed by atoms with Crippen molar-refractivity contribution in [3.63, 3.8) is 0 Å². The number of fused-ring (bicyclic) bond motifs is 1. The number of aromatic nitrogens is 1. The van der Waals surface area contributed by atoms with E-state index < -0.39 is 16.0 Å². The second-order valence-electron chi connectivity index (χ2n) is 5.20. The lowest BCUT2D eigenvalue weighted by atomic mass is 10.3. The van der Waals surface area contributed by atoms with Crippen LogP contribution in [0.15, 0.2) is 59.5 Å². The van der Waals surface area contributed by atoms with Crippen LogP contribution in [0.4, 0.5) is 0 Å². The summed E-state index contributed by atoms with van der Waals surface area (Å²) in [6, 6.07) is 15.7. The monoisotopic (exact) mass is 376 g/mol. The number of thiazole rings is 1. The first kappa shape index (κ1) is 17.5. The van der Waals surface area contributed by atoms with Crippen molar-refractivity contribution in [3.8, 4) is 0 Å². The molecule has 25 heavy (non-hydrogen) atoms. The van der Waals surface area contributed by atoms with Crippen LogP contribution in [0.2, 0.25) is 0 Å². The number of ether oxygens (including phenoxy) is 1. The maximum atomic E-state index is 12.0. The summed E-state index contributed by atoms with van der Waals surface area (Å²) in [5, 5.41) is 0.708. The van der Waals surface area contributed by atoms with Crippen LogP contribution in [0, 0.1) is 0 Å². The van der Waals surface area contributed by atoms with Crippen LogP contribution in [0.25, 0.3) is 10.2 Å². The summed E-state index contributed by atoms with van der Waals surface area (Å²) in [6.07, 6.45) is -0.0447. The smallest absolute Gasteiger partial charge is 0.307 e. The molecule has 0 saturated carbocycles. The molecular formula is C17H16N2O4S2. The highest BCUT2D eigenvalue weighted by Crippen LogP contribution is 2.22. The van der Waals surface area contributed by atoms with Crippen molar-refractivity contribution >= 4 is 37.5 Å². The quantitative estimate of drug-likeness (QED) is 0.641. The zero-order valence-corrected chi connectivity index (χ0v) is 14.8. The Labute approximate surface area is 149 Å². The van der Waals surface area contributed by atoms with Crippen LogP contribution in [-0.2, 0) is 26.2 Å². The van der Waals surface area contributed by atoms with E-state index in [1.165, 1.54) is 23.5 Å². The molecule has 0 saturated heterocycles. The van der Waals surface area contributed by atoms with Gasteiger partial charge in [-0.15, -0.1) is 11.3 Å². The number of rotatable bonds is 7. The topological polar surface area (TPSA) is 85.4 Å². The number of benzene rings is 2. The first-order valence-electron chi connectivity index (χ1n) is 7.59. The Morgan fingerprint density at radius 1 is 1.08 bits per heavy atom. The summed E-state index contributed by atoms with van der Waals surface area (Å²) in [4.78, 5) is 16.3. The second-order valence-corrected chi connectivity index (χ2v) is 8.08. The summed E-state index contributed by atoms with van der Waals surface area (Å²) in [5.74, 6) is -0.477. The minimum absolute atomic E-state index is 0.0180. The molecule has 0 amide bonds. The summed E-state index contributed by atoms with van der Waals surface area (Å²) in [5.41, 5.74) is 0.870. The Morgan fingerprint density at radius 3 is 2.56 bits per heavy atom. The highest BCUT2D eigenvalue weighted by atomic mass is 32.2. The number of para-hydroxylation sites is 1. The van der Waals surface area contributed by atoms with E-state index in [0.29, 0.717) is 5.01 Å². The number of sulfonamides is 1. The molecule has 3 aromatic rings. The van der Waals surface area contributed by atoms with Crippen LogP contribution in [0.5, 0.6) is 0 Å². The molecule has 1 heterocycles. The van der Waals surface area contributed by atoms with Crippen LogP contribution in [0.3, 0.4) is 0 Å². The molecule has 0 atom stereocenters. The molecule has 0 aliphatic rings. The number of hydrogen-bond acceptors (Lipinski definition) is 6. The average molecular weight is 376 g/mol. The molecule has 0 spiro atoms. The lowest BCUT2D eigenvalue weighted by molar-refractivity contribution is -0.144. The third-order valence-corrected chi connectivity index (χ3v) is 5.86. The van der Waals surface area contributed by atoms with E-state index in [1.807, 2.05) is 24.3 Å². The zero-order valence-electron chi connectivity index (χ0n) is 13.2. The summed E-state index contributed by atoms with van der Waals surface area (Å²) >= 11 is 1.46. The van der Waals surface area contributed by atoms with Gasteiger partial charge in [0.2, 0.25) is 10.0 Å². The van der Waals surface area contributed by atoms with Crippen LogP contribution in [-0.4, -0.2) is 25.9 Å². The molecule has 6 nitrogen and oxygen atoms in total. The average Bonchev–Trinajstić information content (AvgIpc) is 3.03. The van der Waals surface area contributed by atoms with Gasteiger partial charge in [-0.2, -0.15) is 0 Å². The molecular weight excluding hydrogens is 360 g/mol. The van der Waals surface area contributed by atoms with Crippen molar-refractivity contribution < 1.29 is 17.9 Å². The van der Waals surface area contributed by atoms with Gasteiger partial charge in [-0.05, 0) is 24.3 Å². The number of nitrogens with one attached hydrogen (secondary N) is 1. The van der Waals surface area contributed by atoms with E-state index in [9.17, 15) is 13.2 Å². The molecule has 1 aromatic heterocycles. The summed E-state index contributed by atoms with van der Waals surface area (Å²) in [7, 11) is -3.61. The Bertz CT molecular complexity index is 935. The van der Waals surface area contributed by atoms with Crippen molar-refractivity contribution in [2.24, 2.45) is 0 Å². The van der Waals surface area contributed by atoms with Gasteiger partial charge in [0, 0.05) is 6.54 Å². The molecule has 1 N–H and O–H groups in total. The maximum Gasteiger partial charge on any atom is 0.307 e. The van der Waals surface area contributed by atoms with Crippen LogP contribution in [0.1, 0.15) is 11.4 Å². The zero-order chi connectivity index (χ0) is 17.7. The van der Waals surface area contributed by atoms with E-state index >= 15 is 0 Å². The van der Waals surface area contributed by atoms with Gasteiger partial charge < -0.3 is 4.74 Å². The van der Waals surface area contributed by atoms with E-state index in [1.54, 1.807) is 18.2 Å². The SMILES string of the molecule is O=C(CCNS(=O)(=O)c1ccccc1)OCc1nc2ccccc2s1. The third-order valence-electron chi connectivity index (χ3n) is 3.37. The Morgan fingerprint density at radius 2 is 1.80 bits per heavy atom. The van der Waals surface area contributed by atoms with Crippen molar-refractivity contribution in [2.45, 2.75) is 17.9 Å². The van der Waals surface area contributed by atoms with Crippen molar-refractivity contribution in [3.05, 3.63) is 59.6 Å². The normalized spacial score (nSPS) is 11.5. The standard InChI is InChI=1S/C17H16N2O4S2/c20-17(10-11-18-25(21,22)13-6-2-1-3-7-13)23-12-16-19-14-8-4-5-9-15(14)24-16/h1-9,18H,10-12H2. The number of carbonyl (C=O) groups excluding carboxylic acids is 1. The molecule has 3 rings (SSSR count). The number of nitrogens with zero attached hydrogens (tertiary/aromatic N) is 1. The van der Waals surface area contributed by atoms with Gasteiger partial charge >= 0.3 is 5.97 Å². The molecule has 8 heteroatoms. The van der Waals surface area contributed by atoms with Crippen LogP contribution >= 0.6 is 11.3 Å². The van der Waals surface area contributed by atoms with Crippen molar-refractivity contribution in [1.29, 1.82) is 0 Å². The number of esters is 1. The van der Waals surface area contributed by atoms with Gasteiger partial charge in [0.25, 0.3) is 0 Å².